The van der Waals surface area contributed by atoms with Crippen molar-refractivity contribution in [2.45, 2.75) is 25.8 Å². The molecule has 1 N–H and O–H groups in total. The molecule has 174 valence electrons. The number of halogens is 1. The minimum atomic E-state index is -0.147. The van der Waals surface area contributed by atoms with E-state index in [-0.39, 0.29) is 5.91 Å². The lowest BCUT2D eigenvalue weighted by molar-refractivity contribution is 0.0948. The molecule has 0 radical (unpaired) electrons. The predicted octanol–water partition coefficient (Wildman–Crippen LogP) is 3.89. The van der Waals surface area contributed by atoms with Crippen molar-refractivity contribution in [1.29, 1.82) is 0 Å². The number of carbonyl (C=O) groups excluding carboxylic acids is 1. The fourth-order valence-corrected chi connectivity index (χ4v) is 4.58. The van der Waals surface area contributed by atoms with Crippen molar-refractivity contribution in [2.24, 2.45) is 0 Å². The molecule has 1 amide bonds. The SMILES string of the molecule is COc1cc2c(cc1OC)CN(CCCCNC(=O)c1cc(I)cc(OC)c1OC)CC2. The van der Waals surface area contributed by atoms with Crippen molar-refractivity contribution in [3.05, 3.63) is 44.5 Å². The molecule has 0 saturated carbocycles. The molecule has 0 spiro atoms. The minimum Gasteiger partial charge on any atom is -0.493 e. The van der Waals surface area contributed by atoms with Crippen LogP contribution in [-0.4, -0.2) is 58.9 Å². The van der Waals surface area contributed by atoms with Crippen molar-refractivity contribution in [3.8, 4) is 23.0 Å². The molecule has 1 heterocycles. The molecule has 7 nitrogen and oxygen atoms in total. The van der Waals surface area contributed by atoms with Crippen LogP contribution < -0.4 is 24.3 Å². The van der Waals surface area contributed by atoms with E-state index in [1.165, 1.54) is 11.1 Å². The molecule has 3 rings (SSSR count). The number of fused-ring (bicyclic) bond motifs is 1. The van der Waals surface area contributed by atoms with Crippen LogP contribution in [-0.2, 0) is 13.0 Å². The Morgan fingerprint density at radius 1 is 0.938 bits per heavy atom. The first kappa shape index (κ1) is 24.4. The number of rotatable bonds is 10. The summed E-state index contributed by atoms with van der Waals surface area (Å²) in [5.41, 5.74) is 3.11. The first-order valence-electron chi connectivity index (χ1n) is 10.7. The molecule has 2 aromatic rings. The molecular formula is C24H31IN2O5. The number of amides is 1. The highest BCUT2D eigenvalue weighted by molar-refractivity contribution is 14.1. The van der Waals surface area contributed by atoms with Gasteiger partial charge in [-0.25, -0.2) is 0 Å². The molecule has 32 heavy (non-hydrogen) atoms. The molecule has 8 heteroatoms. The molecule has 0 atom stereocenters. The highest BCUT2D eigenvalue weighted by atomic mass is 127. The smallest absolute Gasteiger partial charge is 0.255 e. The number of nitrogens with zero attached hydrogens (tertiary/aromatic N) is 1. The number of nitrogens with one attached hydrogen (secondary N) is 1. The zero-order valence-corrected chi connectivity index (χ0v) is 21.3. The van der Waals surface area contributed by atoms with Crippen LogP contribution in [0.1, 0.15) is 34.3 Å². The third-order valence-corrected chi connectivity index (χ3v) is 6.29. The van der Waals surface area contributed by atoms with E-state index in [0.29, 0.717) is 23.6 Å². The van der Waals surface area contributed by atoms with Gasteiger partial charge in [-0.1, -0.05) is 0 Å². The van der Waals surface area contributed by atoms with Crippen molar-refractivity contribution in [2.75, 3.05) is 48.1 Å². The quantitative estimate of drug-likeness (QED) is 0.355. The van der Waals surface area contributed by atoms with Gasteiger partial charge in [0, 0.05) is 23.2 Å². The van der Waals surface area contributed by atoms with E-state index < -0.39 is 0 Å². The van der Waals surface area contributed by atoms with E-state index in [1.54, 1.807) is 28.4 Å². The normalized spacial score (nSPS) is 13.3. The van der Waals surface area contributed by atoms with Crippen molar-refractivity contribution in [1.82, 2.24) is 10.2 Å². The Bertz CT molecular complexity index is 950. The summed E-state index contributed by atoms with van der Waals surface area (Å²) >= 11 is 2.17. The van der Waals surface area contributed by atoms with Crippen LogP contribution in [0.25, 0.3) is 0 Å². The Morgan fingerprint density at radius 3 is 2.28 bits per heavy atom. The summed E-state index contributed by atoms with van der Waals surface area (Å²) in [6, 6.07) is 7.84. The van der Waals surface area contributed by atoms with E-state index >= 15 is 0 Å². The second-order valence-corrected chi connectivity index (χ2v) is 8.90. The van der Waals surface area contributed by atoms with Gasteiger partial charge in [-0.3, -0.25) is 9.69 Å². The van der Waals surface area contributed by atoms with Crippen LogP contribution in [0.2, 0.25) is 0 Å². The van der Waals surface area contributed by atoms with E-state index in [0.717, 1.165) is 54.0 Å². The number of benzene rings is 2. The number of methoxy groups -OCH3 is 4. The second-order valence-electron chi connectivity index (χ2n) is 7.65. The number of carbonyl (C=O) groups is 1. The number of hydrogen-bond acceptors (Lipinski definition) is 6. The van der Waals surface area contributed by atoms with Crippen LogP contribution >= 0.6 is 22.6 Å². The van der Waals surface area contributed by atoms with Gasteiger partial charge in [0.05, 0.1) is 34.0 Å². The van der Waals surface area contributed by atoms with Gasteiger partial charge in [-0.05, 0) is 83.8 Å². The Hall–Kier alpha value is -2.20. The second kappa shape index (κ2) is 11.6. The highest BCUT2D eigenvalue weighted by Crippen LogP contribution is 2.34. The lowest BCUT2D eigenvalue weighted by atomic mass is 9.98. The third-order valence-electron chi connectivity index (χ3n) is 5.67. The largest absolute Gasteiger partial charge is 0.493 e. The molecule has 0 fully saturated rings. The summed E-state index contributed by atoms with van der Waals surface area (Å²) < 4.78 is 22.5. The molecule has 1 aliphatic heterocycles. The monoisotopic (exact) mass is 554 g/mol. The van der Waals surface area contributed by atoms with E-state index in [4.69, 9.17) is 18.9 Å². The minimum absolute atomic E-state index is 0.147. The van der Waals surface area contributed by atoms with Crippen molar-refractivity contribution < 1.29 is 23.7 Å². The third kappa shape index (κ3) is 5.78. The Morgan fingerprint density at radius 2 is 1.62 bits per heavy atom. The van der Waals surface area contributed by atoms with Gasteiger partial charge in [-0.15, -0.1) is 0 Å². The van der Waals surface area contributed by atoms with Gasteiger partial charge in [0.2, 0.25) is 0 Å². The molecule has 0 aliphatic carbocycles. The Kier molecular flexibility index (Phi) is 8.86. The lowest BCUT2D eigenvalue weighted by Crippen LogP contribution is -2.32. The summed E-state index contributed by atoms with van der Waals surface area (Å²) in [5, 5.41) is 3.01. The molecule has 2 aromatic carbocycles. The van der Waals surface area contributed by atoms with Crippen LogP contribution in [0.5, 0.6) is 23.0 Å². The number of unbranched alkanes of at least 4 members (excludes halogenated alkanes) is 1. The van der Waals surface area contributed by atoms with Crippen LogP contribution in [0.3, 0.4) is 0 Å². The highest BCUT2D eigenvalue weighted by Gasteiger charge is 2.20. The first-order valence-corrected chi connectivity index (χ1v) is 11.7. The topological polar surface area (TPSA) is 69.3 Å². The van der Waals surface area contributed by atoms with Crippen LogP contribution in [0, 0.1) is 3.57 Å². The first-order chi connectivity index (χ1) is 15.5. The van der Waals surface area contributed by atoms with Crippen LogP contribution in [0.4, 0.5) is 0 Å². The molecule has 1 aliphatic rings. The van der Waals surface area contributed by atoms with Crippen LogP contribution in [0.15, 0.2) is 24.3 Å². The maximum atomic E-state index is 12.7. The maximum Gasteiger partial charge on any atom is 0.255 e. The summed E-state index contributed by atoms with van der Waals surface area (Å²) in [4.78, 5) is 15.1. The zero-order chi connectivity index (χ0) is 23.1. The summed E-state index contributed by atoms with van der Waals surface area (Å²) in [6.07, 6.45) is 2.92. The van der Waals surface area contributed by atoms with Gasteiger partial charge in [-0.2, -0.15) is 0 Å². The molecule has 0 saturated heterocycles. The zero-order valence-electron chi connectivity index (χ0n) is 19.1. The lowest BCUT2D eigenvalue weighted by Gasteiger charge is -2.29. The van der Waals surface area contributed by atoms with E-state index in [9.17, 15) is 4.79 Å². The van der Waals surface area contributed by atoms with Gasteiger partial charge >= 0.3 is 0 Å². The average Bonchev–Trinajstić information content (AvgIpc) is 2.81. The van der Waals surface area contributed by atoms with Gasteiger partial charge in [0.25, 0.3) is 5.91 Å². The Balaban J connectivity index is 1.48. The number of ether oxygens (including phenoxy) is 4. The predicted molar refractivity (Wildman–Crippen MR) is 132 cm³/mol. The summed E-state index contributed by atoms with van der Waals surface area (Å²) in [5.74, 6) is 2.44. The average molecular weight is 554 g/mol. The molecule has 0 bridgehead atoms. The summed E-state index contributed by atoms with van der Waals surface area (Å²) in [7, 11) is 6.45. The van der Waals surface area contributed by atoms with Crippen molar-refractivity contribution in [3.63, 3.8) is 0 Å². The summed E-state index contributed by atoms with van der Waals surface area (Å²) in [6.45, 7) is 3.53. The molecule has 0 aromatic heterocycles. The standard InChI is InChI=1S/C24H31IN2O5/c1-29-20-11-16-7-10-27(15-17(16)12-21(20)30-2)9-6-5-8-26-24(28)19-13-18(25)14-22(31-3)23(19)32-4/h11-14H,5-10,15H2,1-4H3,(H,26,28). The van der Waals surface area contributed by atoms with Crippen molar-refractivity contribution >= 4 is 28.5 Å². The fourth-order valence-electron chi connectivity index (χ4n) is 3.99. The van der Waals surface area contributed by atoms with E-state index in [2.05, 4.69) is 44.9 Å². The maximum absolute atomic E-state index is 12.7. The number of hydrogen-bond donors (Lipinski definition) is 1. The van der Waals surface area contributed by atoms with E-state index in [1.807, 2.05) is 12.1 Å². The van der Waals surface area contributed by atoms with Gasteiger partial charge in [0.15, 0.2) is 23.0 Å². The van der Waals surface area contributed by atoms with Gasteiger partial charge in [0.1, 0.15) is 0 Å². The van der Waals surface area contributed by atoms with Gasteiger partial charge < -0.3 is 24.3 Å². The molecule has 0 unspecified atom stereocenters. The molecular weight excluding hydrogens is 523 g/mol. The Labute approximate surface area is 203 Å². The fraction of sp³-hybridized carbons (Fsp3) is 0.458.